The third-order valence-electron chi connectivity index (χ3n) is 5.93. The zero-order valence-electron chi connectivity index (χ0n) is 14.7. The minimum atomic E-state index is 0.702. The van der Waals surface area contributed by atoms with Gasteiger partial charge in [0.15, 0.2) is 5.82 Å². The van der Waals surface area contributed by atoms with Crippen molar-refractivity contribution in [3.63, 3.8) is 0 Å². The lowest BCUT2D eigenvalue weighted by molar-refractivity contribution is 0.260. The van der Waals surface area contributed by atoms with Gasteiger partial charge in [-0.2, -0.15) is 0 Å². The zero-order chi connectivity index (χ0) is 16.6. The van der Waals surface area contributed by atoms with Crippen molar-refractivity contribution in [3.8, 4) is 11.5 Å². The molecule has 2 aromatic rings. The second kappa shape index (κ2) is 6.37. The van der Waals surface area contributed by atoms with Crippen LogP contribution in [0.15, 0.2) is 24.4 Å². The van der Waals surface area contributed by atoms with Crippen molar-refractivity contribution in [1.29, 1.82) is 0 Å². The number of pyridine rings is 1. The minimum Gasteiger partial charge on any atom is -0.355 e. The molecule has 2 aliphatic heterocycles. The van der Waals surface area contributed by atoms with Gasteiger partial charge in [0.1, 0.15) is 11.5 Å². The quantitative estimate of drug-likeness (QED) is 0.863. The largest absolute Gasteiger partial charge is 0.355 e. The fraction of sp³-hybridized carbons (Fsp3) is 0.550. The van der Waals surface area contributed by atoms with Crippen LogP contribution >= 0.6 is 0 Å². The molecule has 0 aromatic carbocycles. The van der Waals surface area contributed by atoms with Crippen LogP contribution in [0.3, 0.4) is 0 Å². The smallest absolute Gasteiger partial charge is 0.180 e. The van der Waals surface area contributed by atoms with Crippen LogP contribution in [0, 0.1) is 0 Å². The highest BCUT2D eigenvalue weighted by atomic mass is 15.3. The van der Waals surface area contributed by atoms with E-state index < -0.39 is 0 Å². The first-order valence-corrected chi connectivity index (χ1v) is 9.69. The standard InChI is InChI=1S/C20H25N5/c1-2-10-21-18(7-1)19-22-17-8-5-6-16(17)20(23-19)25-13-9-15(14-25)24-11-3-4-12-24/h1-2,7,10,15H,3-6,8-9,11-14H2/t15-/m1/s1. The van der Waals surface area contributed by atoms with Crippen LogP contribution in [0.4, 0.5) is 5.82 Å². The summed E-state index contributed by atoms with van der Waals surface area (Å²) in [5, 5.41) is 0. The summed E-state index contributed by atoms with van der Waals surface area (Å²) >= 11 is 0. The molecule has 2 aromatic heterocycles. The molecule has 0 bridgehead atoms. The Morgan fingerprint density at radius 2 is 1.88 bits per heavy atom. The summed E-state index contributed by atoms with van der Waals surface area (Å²) < 4.78 is 0. The molecular weight excluding hydrogens is 310 g/mol. The monoisotopic (exact) mass is 335 g/mol. The van der Waals surface area contributed by atoms with E-state index in [4.69, 9.17) is 9.97 Å². The molecule has 0 radical (unpaired) electrons. The number of aromatic nitrogens is 3. The first kappa shape index (κ1) is 15.3. The number of rotatable bonds is 3. The minimum absolute atomic E-state index is 0.702. The van der Waals surface area contributed by atoms with E-state index in [0.717, 1.165) is 37.4 Å². The maximum atomic E-state index is 4.99. The predicted molar refractivity (Wildman–Crippen MR) is 98.7 cm³/mol. The average Bonchev–Trinajstić information content (AvgIpc) is 3.41. The first-order valence-electron chi connectivity index (χ1n) is 9.69. The van der Waals surface area contributed by atoms with Gasteiger partial charge in [-0.05, 0) is 63.7 Å². The highest BCUT2D eigenvalue weighted by Crippen LogP contribution is 2.33. The Morgan fingerprint density at radius 3 is 2.72 bits per heavy atom. The summed E-state index contributed by atoms with van der Waals surface area (Å²) in [4.78, 5) is 19.5. The molecule has 5 nitrogen and oxygen atoms in total. The van der Waals surface area contributed by atoms with Crippen molar-refractivity contribution in [2.24, 2.45) is 0 Å². The Bertz CT molecular complexity index is 754. The molecule has 0 unspecified atom stereocenters. The summed E-state index contributed by atoms with van der Waals surface area (Å²) in [7, 11) is 0. The van der Waals surface area contributed by atoms with E-state index in [1.807, 2.05) is 24.4 Å². The van der Waals surface area contributed by atoms with E-state index in [1.165, 1.54) is 55.8 Å². The van der Waals surface area contributed by atoms with E-state index in [-0.39, 0.29) is 0 Å². The zero-order valence-corrected chi connectivity index (χ0v) is 14.7. The van der Waals surface area contributed by atoms with Crippen LogP contribution in [0.25, 0.3) is 11.5 Å². The molecule has 0 amide bonds. The Kier molecular flexibility index (Phi) is 3.89. The second-order valence-electron chi connectivity index (χ2n) is 7.50. The number of fused-ring (bicyclic) bond motifs is 1. The fourth-order valence-electron chi connectivity index (χ4n) is 4.62. The van der Waals surface area contributed by atoms with E-state index in [0.29, 0.717) is 6.04 Å². The number of anilines is 1. The van der Waals surface area contributed by atoms with Crippen molar-refractivity contribution >= 4 is 5.82 Å². The van der Waals surface area contributed by atoms with Crippen LogP contribution in [0.5, 0.6) is 0 Å². The summed E-state index contributed by atoms with van der Waals surface area (Å²) in [5.74, 6) is 1.98. The summed E-state index contributed by atoms with van der Waals surface area (Å²) in [6.45, 7) is 4.79. The van der Waals surface area contributed by atoms with Crippen LogP contribution in [-0.2, 0) is 12.8 Å². The molecule has 4 heterocycles. The van der Waals surface area contributed by atoms with Gasteiger partial charge >= 0.3 is 0 Å². The van der Waals surface area contributed by atoms with Crippen LogP contribution < -0.4 is 4.90 Å². The Balaban J connectivity index is 1.47. The maximum Gasteiger partial charge on any atom is 0.180 e. The molecule has 5 rings (SSSR count). The molecule has 1 aliphatic carbocycles. The van der Waals surface area contributed by atoms with Crippen LogP contribution in [0.1, 0.15) is 36.9 Å². The molecule has 25 heavy (non-hydrogen) atoms. The third kappa shape index (κ3) is 2.80. The summed E-state index contributed by atoms with van der Waals surface area (Å²) in [5.41, 5.74) is 3.52. The van der Waals surface area contributed by atoms with Gasteiger partial charge in [0.2, 0.25) is 0 Å². The van der Waals surface area contributed by atoms with Crippen molar-refractivity contribution < 1.29 is 0 Å². The van der Waals surface area contributed by atoms with E-state index in [1.54, 1.807) is 0 Å². The molecule has 2 saturated heterocycles. The molecule has 0 spiro atoms. The highest BCUT2D eigenvalue weighted by molar-refractivity contribution is 5.59. The summed E-state index contributed by atoms with van der Waals surface area (Å²) in [6, 6.07) is 6.67. The molecule has 0 saturated carbocycles. The topological polar surface area (TPSA) is 45.2 Å². The van der Waals surface area contributed by atoms with Crippen molar-refractivity contribution in [1.82, 2.24) is 19.9 Å². The number of hydrogen-bond acceptors (Lipinski definition) is 5. The first-order chi connectivity index (χ1) is 12.4. The molecule has 5 heteroatoms. The van der Waals surface area contributed by atoms with Crippen LogP contribution in [-0.4, -0.2) is 52.1 Å². The van der Waals surface area contributed by atoms with Crippen LogP contribution in [0.2, 0.25) is 0 Å². The van der Waals surface area contributed by atoms with Crippen molar-refractivity contribution in [3.05, 3.63) is 35.7 Å². The average molecular weight is 335 g/mol. The lowest BCUT2D eigenvalue weighted by Gasteiger charge is -2.25. The Morgan fingerprint density at radius 1 is 0.960 bits per heavy atom. The molecule has 0 N–H and O–H groups in total. The number of hydrogen-bond donors (Lipinski definition) is 0. The van der Waals surface area contributed by atoms with Gasteiger partial charge in [-0.1, -0.05) is 6.07 Å². The van der Waals surface area contributed by atoms with Gasteiger partial charge < -0.3 is 4.90 Å². The van der Waals surface area contributed by atoms with Gasteiger partial charge in [0, 0.05) is 36.6 Å². The number of likely N-dealkylation sites (tertiary alicyclic amines) is 1. The van der Waals surface area contributed by atoms with E-state index in [9.17, 15) is 0 Å². The van der Waals surface area contributed by atoms with E-state index in [2.05, 4.69) is 14.8 Å². The molecule has 1 atom stereocenters. The highest BCUT2D eigenvalue weighted by Gasteiger charge is 2.32. The lowest BCUT2D eigenvalue weighted by Crippen LogP contribution is -2.35. The van der Waals surface area contributed by atoms with Gasteiger partial charge in [-0.3, -0.25) is 9.88 Å². The Labute approximate surface area is 149 Å². The van der Waals surface area contributed by atoms with Gasteiger partial charge in [0.05, 0.1) is 0 Å². The third-order valence-corrected chi connectivity index (χ3v) is 5.93. The molecule has 3 aliphatic rings. The lowest BCUT2D eigenvalue weighted by atomic mass is 10.2. The van der Waals surface area contributed by atoms with Crippen molar-refractivity contribution in [2.45, 2.75) is 44.6 Å². The summed E-state index contributed by atoms with van der Waals surface area (Å²) in [6.07, 6.45) is 9.22. The second-order valence-corrected chi connectivity index (χ2v) is 7.50. The molecule has 2 fully saturated rings. The SMILES string of the molecule is c1ccc(-c2nc3c(c(N4CC[C@@H](N5CCCC5)C4)n2)CCC3)nc1. The predicted octanol–water partition coefficient (Wildman–Crippen LogP) is 2.70. The van der Waals surface area contributed by atoms with Crippen molar-refractivity contribution in [2.75, 3.05) is 31.1 Å². The van der Waals surface area contributed by atoms with Gasteiger partial charge in [-0.25, -0.2) is 9.97 Å². The number of aryl methyl sites for hydroxylation is 1. The van der Waals surface area contributed by atoms with Gasteiger partial charge in [0.25, 0.3) is 0 Å². The van der Waals surface area contributed by atoms with E-state index >= 15 is 0 Å². The Hall–Kier alpha value is -2.01. The van der Waals surface area contributed by atoms with Gasteiger partial charge in [-0.15, -0.1) is 0 Å². The maximum absolute atomic E-state index is 4.99. The molecular formula is C20H25N5. The fourth-order valence-corrected chi connectivity index (χ4v) is 4.62. The normalized spacial score (nSPS) is 23.4. The molecule has 130 valence electrons. The number of nitrogens with zero attached hydrogens (tertiary/aromatic N) is 5.